The van der Waals surface area contributed by atoms with Gasteiger partial charge in [-0.15, -0.1) is 0 Å². The summed E-state index contributed by atoms with van der Waals surface area (Å²) in [5.74, 6) is -4.47. The number of amides is 2. The molecule has 0 unspecified atom stereocenters. The number of carbonyl (C=O) groups is 2. The summed E-state index contributed by atoms with van der Waals surface area (Å²) >= 11 is 0. The van der Waals surface area contributed by atoms with Crippen LogP contribution in [0.25, 0.3) is 0 Å². The molecule has 1 rings (SSSR count). The molecule has 1 aliphatic carbocycles. The first kappa shape index (κ1) is 14.7. The topological polar surface area (TPSA) is 81.4 Å². The second-order valence-corrected chi connectivity index (χ2v) is 4.26. The van der Waals surface area contributed by atoms with Crippen LogP contribution in [0, 0.1) is 11.8 Å². The number of primary amides is 1. The van der Waals surface area contributed by atoms with Gasteiger partial charge in [0, 0.05) is 0 Å². The van der Waals surface area contributed by atoms with E-state index in [1.807, 2.05) is 5.48 Å². The largest absolute Gasteiger partial charge is 0.392 e. The summed E-state index contributed by atoms with van der Waals surface area (Å²) in [6.07, 6.45) is -3.27. The summed E-state index contributed by atoms with van der Waals surface area (Å²) < 4.78 is 38.1. The number of hydrogen-bond acceptors (Lipinski definition) is 3. The summed E-state index contributed by atoms with van der Waals surface area (Å²) in [5.41, 5.74) is 6.60. The van der Waals surface area contributed by atoms with Crippen molar-refractivity contribution >= 4 is 11.8 Å². The molecule has 0 heterocycles. The Morgan fingerprint density at radius 3 is 2.44 bits per heavy atom. The maximum atomic E-state index is 12.7. The third-order valence-corrected chi connectivity index (χ3v) is 2.91. The molecule has 18 heavy (non-hydrogen) atoms. The summed E-state index contributed by atoms with van der Waals surface area (Å²) in [5, 5.41) is 0. The van der Waals surface area contributed by atoms with Crippen LogP contribution in [0.3, 0.4) is 0 Å². The SMILES string of the molecule is NC(=O)CONC(=O)[C@@H]1CCCC[C@@H]1C(F)(F)F. The highest BCUT2D eigenvalue weighted by molar-refractivity contribution is 5.79. The van der Waals surface area contributed by atoms with Gasteiger partial charge in [-0.25, -0.2) is 5.48 Å². The van der Waals surface area contributed by atoms with Crippen LogP contribution in [0.5, 0.6) is 0 Å². The van der Waals surface area contributed by atoms with E-state index in [9.17, 15) is 22.8 Å². The third-order valence-electron chi connectivity index (χ3n) is 2.91. The number of halogens is 3. The van der Waals surface area contributed by atoms with Gasteiger partial charge in [-0.3, -0.25) is 14.4 Å². The fourth-order valence-corrected chi connectivity index (χ4v) is 2.09. The monoisotopic (exact) mass is 268 g/mol. The molecule has 5 nitrogen and oxygen atoms in total. The lowest BCUT2D eigenvalue weighted by molar-refractivity contribution is -0.201. The van der Waals surface area contributed by atoms with Gasteiger partial charge in [-0.2, -0.15) is 13.2 Å². The smallest absolute Gasteiger partial charge is 0.368 e. The van der Waals surface area contributed by atoms with E-state index in [-0.39, 0.29) is 12.8 Å². The highest BCUT2D eigenvalue weighted by atomic mass is 19.4. The summed E-state index contributed by atoms with van der Waals surface area (Å²) in [6.45, 7) is -0.560. The average Bonchev–Trinajstić information content (AvgIpc) is 2.27. The molecule has 3 N–H and O–H groups in total. The highest BCUT2D eigenvalue weighted by Crippen LogP contribution is 2.41. The van der Waals surface area contributed by atoms with E-state index in [1.54, 1.807) is 0 Å². The van der Waals surface area contributed by atoms with Crippen molar-refractivity contribution in [3.8, 4) is 0 Å². The van der Waals surface area contributed by atoms with Crippen LogP contribution in [-0.4, -0.2) is 24.6 Å². The first-order valence-electron chi connectivity index (χ1n) is 5.59. The number of alkyl halides is 3. The van der Waals surface area contributed by atoms with E-state index in [4.69, 9.17) is 5.73 Å². The van der Waals surface area contributed by atoms with Crippen molar-refractivity contribution in [3.05, 3.63) is 0 Å². The Morgan fingerprint density at radius 1 is 1.28 bits per heavy atom. The molecule has 0 aromatic rings. The summed E-state index contributed by atoms with van der Waals surface area (Å²) in [7, 11) is 0. The molecule has 0 spiro atoms. The quantitative estimate of drug-likeness (QED) is 0.743. The minimum absolute atomic E-state index is 0.0581. The van der Waals surface area contributed by atoms with Crippen molar-refractivity contribution in [2.24, 2.45) is 17.6 Å². The van der Waals surface area contributed by atoms with Crippen LogP contribution < -0.4 is 11.2 Å². The Morgan fingerprint density at radius 2 is 1.89 bits per heavy atom. The summed E-state index contributed by atoms with van der Waals surface area (Å²) in [6, 6.07) is 0. The van der Waals surface area contributed by atoms with Gasteiger partial charge in [0.25, 0.3) is 0 Å². The molecule has 8 heteroatoms. The van der Waals surface area contributed by atoms with E-state index < -0.39 is 36.4 Å². The minimum Gasteiger partial charge on any atom is -0.368 e. The highest BCUT2D eigenvalue weighted by Gasteiger charge is 2.48. The van der Waals surface area contributed by atoms with Crippen molar-refractivity contribution < 1.29 is 27.6 Å². The van der Waals surface area contributed by atoms with Gasteiger partial charge in [0.05, 0.1) is 11.8 Å². The van der Waals surface area contributed by atoms with Crippen molar-refractivity contribution in [2.75, 3.05) is 6.61 Å². The minimum atomic E-state index is -4.40. The van der Waals surface area contributed by atoms with E-state index in [0.717, 1.165) is 0 Å². The van der Waals surface area contributed by atoms with Crippen LogP contribution in [0.1, 0.15) is 25.7 Å². The predicted octanol–water partition coefficient (Wildman–Crippen LogP) is 0.888. The molecule has 1 aliphatic rings. The second-order valence-electron chi connectivity index (χ2n) is 4.26. The van der Waals surface area contributed by atoms with Gasteiger partial charge < -0.3 is 5.73 Å². The fraction of sp³-hybridized carbons (Fsp3) is 0.800. The molecule has 1 saturated carbocycles. The number of rotatable bonds is 4. The second kappa shape index (κ2) is 6.03. The number of hydrogen-bond donors (Lipinski definition) is 2. The van der Waals surface area contributed by atoms with Crippen LogP contribution in [0.2, 0.25) is 0 Å². The Hall–Kier alpha value is -1.31. The maximum Gasteiger partial charge on any atom is 0.392 e. The van der Waals surface area contributed by atoms with Crippen LogP contribution >= 0.6 is 0 Å². The molecule has 0 bridgehead atoms. The van der Waals surface area contributed by atoms with Crippen LogP contribution in [0.15, 0.2) is 0 Å². The number of carbonyl (C=O) groups excluding carboxylic acids is 2. The predicted molar refractivity (Wildman–Crippen MR) is 54.8 cm³/mol. The van der Waals surface area contributed by atoms with E-state index >= 15 is 0 Å². The van der Waals surface area contributed by atoms with Crippen molar-refractivity contribution in [1.82, 2.24) is 5.48 Å². The van der Waals surface area contributed by atoms with Gasteiger partial charge >= 0.3 is 6.18 Å². The molecule has 2 amide bonds. The van der Waals surface area contributed by atoms with Gasteiger partial charge in [0.15, 0.2) is 6.61 Å². The fourth-order valence-electron chi connectivity index (χ4n) is 2.09. The number of nitrogens with two attached hydrogens (primary N) is 1. The first-order valence-corrected chi connectivity index (χ1v) is 5.59. The average molecular weight is 268 g/mol. The lowest BCUT2D eigenvalue weighted by Gasteiger charge is -2.31. The Balaban J connectivity index is 2.55. The molecule has 0 aliphatic heterocycles. The Kier molecular flexibility index (Phi) is 4.94. The van der Waals surface area contributed by atoms with Gasteiger partial charge in [0.1, 0.15) is 0 Å². The number of hydroxylamine groups is 1. The molecule has 0 aromatic carbocycles. The molecule has 1 fully saturated rings. The van der Waals surface area contributed by atoms with Gasteiger partial charge in [0.2, 0.25) is 11.8 Å². The standard InChI is InChI=1S/C10H15F3N2O3/c11-10(12,13)7-4-2-1-3-6(7)9(17)15-18-5-8(14)16/h6-7H,1-5H2,(H2,14,16)(H,15,17)/t6-,7+/m1/s1. The first-order chi connectivity index (χ1) is 8.32. The van der Waals surface area contributed by atoms with Gasteiger partial charge in [-0.1, -0.05) is 12.8 Å². The summed E-state index contributed by atoms with van der Waals surface area (Å²) in [4.78, 5) is 26.3. The van der Waals surface area contributed by atoms with E-state index in [1.165, 1.54) is 0 Å². The molecule has 0 radical (unpaired) electrons. The molecule has 2 atom stereocenters. The lowest BCUT2D eigenvalue weighted by atomic mass is 9.78. The Labute approximate surface area is 102 Å². The zero-order valence-corrected chi connectivity index (χ0v) is 9.63. The molecule has 0 saturated heterocycles. The molecular weight excluding hydrogens is 253 g/mol. The molecule has 104 valence electrons. The van der Waals surface area contributed by atoms with Crippen molar-refractivity contribution in [1.29, 1.82) is 0 Å². The van der Waals surface area contributed by atoms with E-state index in [0.29, 0.717) is 12.8 Å². The van der Waals surface area contributed by atoms with Crippen LogP contribution in [-0.2, 0) is 14.4 Å². The zero-order valence-electron chi connectivity index (χ0n) is 9.63. The lowest BCUT2D eigenvalue weighted by Crippen LogP contribution is -2.43. The van der Waals surface area contributed by atoms with Crippen molar-refractivity contribution in [3.63, 3.8) is 0 Å². The van der Waals surface area contributed by atoms with Gasteiger partial charge in [-0.05, 0) is 12.8 Å². The molecule has 0 aromatic heterocycles. The zero-order chi connectivity index (χ0) is 13.8. The third kappa shape index (κ3) is 4.17. The molecular formula is C10H15F3N2O3. The van der Waals surface area contributed by atoms with E-state index in [2.05, 4.69) is 4.84 Å². The normalized spacial score (nSPS) is 24.6. The maximum absolute atomic E-state index is 12.7. The number of nitrogens with one attached hydrogen (secondary N) is 1. The Bertz CT molecular complexity index is 320. The van der Waals surface area contributed by atoms with Crippen LogP contribution in [0.4, 0.5) is 13.2 Å². The van der Waals surface area contributed by atoms with Crippen molar-refractivity contribution in [2.45, 2.75) is 31.9 Å².